The average molecular weight is 381 g/mol. The minimum atomic E-state index is 0.556. The molecular formula is C27H28N2. The van der Waals surface area contributed by atoms with E-state index in [2.05, 4.69) is 77.1 Å². The third-order valence-corrected chi connectivity index (χ3v) is 7.06. The Hall–Kier alpha value is -2.58. The minimum Gasteiger partial charge on any atom is -0.343 e. The molecule has 1 aromatic heterocycles. The Labute approximate surface area is 172 Å². The standard InChI is InChI=1S/C27H28N2/c1-19-10-13-25-24(16-19)23-8-4-9-26-27(23)29(25)15-5-14-28(26)18-20-11-12-21-6-2-3-7-22(21)17-20/h2-3,6-7,10-13,16-17,26H,4-5,8-9,14-15,18H2,1H3/t26-/m1/s1. The van der Waals surface area contributed by atoms with Crippen molar-refractivity contribution in [3.05, 3.63) is 83.0 Å². The molecule has 4 aromatic rings. The van der Waals surface area contributed by atoms with Crippen molar-refractivity contribution >= 4 is 21.7 Å². The molecule has 0 radical (unpaired) electrons. The summed E-state index contributed by atoms with van der Waals surface area (Å²) in [6, 6.07) is 23.3. The van der Waals surface area contributed by atoms with E-state index < -0.39 is 0 Å². The fourth-order valence-corrected chi connectivity index (χ4v) is 5.76. The third kappa shape index (κ3) is 2.81. The van der Waals surface area contributed by atoms with Gasteiger partial charge in [-0.1, -0.05) is 48.0 Å². The Bertz CT molecular complexity index is 1210. The quantitative estimate of drug-likeness (QED) is 0.391. The molecule has 29 heavy (non-hydrogen) atoms. The van der Waals surface area contributed by atoms with Gasteiger partial charge in [0.1, 0.15) is 0 Å². The first-order valence-corrected chi connectivity index (χ1v) is 11.1. The molecule has 0 unspecified atom stereocenters. The second-order valence-corrected chi connectivity index (χ2v) is 8.95. The van der Waals surface area contributed by atoms with Crippen LogP contribution in [0, 0.1) is 6.92 Å². The third-order valence-electron chi connectivity index (χ3n) is 7.06. The molecular weight excluding hydrogens is 352 g/mol. The summed E-state index contributed by atoms with van der Waals surface area (Å²) in [6.07, 6.45) is 5.06. The van der Waals surface area contributed by atoms with Gasteiger partial charge in [-0.2, -0.15) is 0 Å². The smallest absolute Gasteiger partial charge is 0.0507 e. The van der Waals surface area contributed by atoms with Crippen LogP contribution in [0.5, 0.6) is 0 Å². The molecule has 2 aliphatic rings. The molecule has 0 N–H and O–H groups in total. The van der Waals surface area contributed by atoms with Gasteiger partial charge in [-0.25, -0.2) is 0 Å². The SMILES string of the molecule is Cc1ccc2c(c1)c1c3n2CCCN(Cc2ccc4ccccc4c2)[C@@H]3CCC1. The molecule has 3 aromatic carbocycles. The molecule has 0 spiro atoms. The predicted octanol–water partition coefficient (Wildman–Crippen LogP) is 6.39. The van der Waals surface area contributed by atoms with Gasteiger partial charge < -0.3 is 4.57 Å². The Kier molecular flexibility index (Phi) is 4.02. The van der Waals surface area contributed by atoms with Gasteiger partial charge in [0, 0.05) is 36.2 Å². The summed E-state index contributed by atoms with van der Waals surface area (Å²) in [6.45, 7) is 5.61. The Morgan fingerprint density at radius 2 is 1.79 bits per heavy atom. The zero-order valence-corrected chi connectivity index (χ0v) is 17.2. The molecule has 2 nitrogen and oxygen atoms in total. The molecule has 1 aliphatic carbocycles. The first kappa shape index (κ1) is 17.3. The van der Waals surface area contributed by atoms with Crippen LogP contribution < -0.4 is 0 Å². The number of hydrogen-bond donors (Lipinski definition) is 0. The van der Waals surface area contributed by atoms with Crippen molar-refractivity contribution < 1.29 is 0 Å². The van der Waals surface area contributed by atoms with Crippen LogP contribution in [0.15, 0.2) is 60.7 Å². The summed E-state index contributed by atoms with van der Waals surface area (Å²) in [4.78, 5) is 2.76. The lowest BCUT2D eigenvalue weighted by Gasteiger charge is -2.33. The van der Waals surface area contributed by atoms with Crippen molar-refractivity contribution in [2.45, 2.75) is 51.7 Å². The van der Waals surface area contributed by atoms with E-state index in [1.54, 1.807) is 11.3 Å². The number of nitrogens with zero attached hydrogens (tertiary/aromatic N) is 2. The van der Waals surface area contributed by atoms with Crippen molar-refractivity contribution in [3.8, 4) is 0 Å². The van der Waals surface area contributed by atoms with Gasteiger partial charge in [0.25, 0.3) is 0 Å². The summed E-state index contributed by atoms with van der Waals surface area (Å²) < 4.78 is 2.66. The lowest BCUT2D eigenvalue weighted by atomic mass is 9.90. The summed E-state index contributed by atoms with van der Waals surface area (Å²) in [5, 5.41) is 4.20. The number of benzene rings is 3. The topological polar surface area (TPSA) is 8.17 Å². The molecule has 146 valence electrons. The fourth-order valence-electron chi connectivity index (χ4n) is 5.76. The van der Waals surface area contributed by atoms with E-state index in [9.17, 15) is 0 Å². The molecule has 0 saturated heterocycles. The molecule has 0 amide bonds. The van der Waals surface area contributed by atoms with Gasteiger partial charge in [-0.3, -0.25) is 4.90 Å². The van der Waals surface area contributed by atoms with E-state index in [0.29, 0.717) is 6.04 Å². The maximum atomic E-state index is 2.76. The van der Waals surface area contributed by atoms with Gasteiger partial charge in [0.05, 0.1) is 6.04 Å². The van der Waals surface area contributed by atoms with Crippen LogP contribution in [-0.2, 0) is 19.5 Å². The van der Waals surface area contributed by atoms with E-state index in [0.717, 1.165) is 13.1 Å². The maximum absolute atomic E-state index is 2.76. The molecule has 0 fully saturated rings. The number of aryl methyl sites for hydroxylation is 3. The van der Waals surface area contributed by atoms with Crippen LogP contribution in [-0.4, -0.2) is 16.0 Å². The Morgan fingerprint density at radius 3 is 2.72 bits per heavy atom. The van der Waals surface area contributed by atoms with Crippen molar-refractivity contribution in [2.24, 2.45) is 0 Å². The second-order valence-electron chi connectivity index (χ2n) is 8.95. The van der Waals surface area contributed by atoms with Crippen molar-refractivity contribution in [1.82, 2.24) is 9.47 Å². The van der Waals surface area contributed by atoms with E-state index in [-0.39, 0.29) is 0 Å². The molecule has 2 heterocycles. The maximum Gasteiger partial charge on any atom is 0.0507 e. The minimum absolute atomic E-state index is 0.556. The molecule has 1 aliphatic heterocycles. The van der Waals surface area contributed by atoms with Crippen LogP contribution in [0.25, 0.3) is 21.7 Å². The molecule has 1 atom stereocenters. The highest BCUT2D eigenvalue weighted by Crippen LogP contribution is 2.42. The highest BCUT2D eigenvalue weighted by Gasteiger charge is 2.33. The highest BCUT2D eigenvalue weighted by atomic mass is 15.2. The van der Waals surface area contributed by atoms with Gasteiger partial charge in [0.2, 0.25) is 0 Å². The fraction of sp³-hybridized carbons (Fsp3) is 0.333. The molecule has 0 saturated carbocycles. The summed E-state index contributed by atoms with van der Waals surface area (Å²) >= 11 is 0. The van der Waals surface area contributed by atoms with Crippen LogP contribution >= 0.6 is 0 Å². The van der Waals surface area contributed by atoms with Gasteiger partial charge in [-0.15, -0.1) is 0 Å². The normalized spacial score (nSPS) is 19.4. The van der Waals surface area contributed by atoms with E-state index >= 15 is 0 Å². The van der Waals surface area contributed by atoms with E-state index in [4.69, 9.17) is 0 Å². The van der Waals surface area contributed by atoms with Crippen LogP contribution in [0.3, 0.4) is 0 Å². The largest absolute Gasteiger partial charge is 0.343 e. The van der Waals surface area contributed by atoms with E-state index in [1.165, 1.54) is 65.0 Å². The monoisotopic (exact) mass is 380 g/mol. The highest BCUT2D eigenvalue weighted by molar-refractivity contribution is 5.87. The predicted molar refractivity (Wildman–Crippen MR) is 121 cm³/mol. The zero-order valence-electron chi connectivity index (χ0n) is 17.2. The molecule has 0 bridgehead atoms. The second kappa shape index (κ2) is 6.74. The molecule has 6 rings (SSSR count). The van der Waals surface area contributed by atoms with Crippen molar-refractivity contribution in [1.29, 1.82) is 0 Å². The van der Waals surface area contributed by atoms with Crippen LogP contribution in [0.4, 0.5) is 0 Å². The number of aromatic nitrogens is 1. The zero-order chi connectivity index (χ0) is 19.4. The average Bonchev–Trinajstić information content (AvgIpc) is 2.93. The summed E-state index contributed by atoms with van der Waals surface area (Å²) in [7, 11) is 0. The lowest BCUT2D eigenvalue weighted by molar-refractivity contribution is 0.173. The summed E-state index contributed by atoms with van der Waals surface area (Å²) in [5.41, 5.74) is 7.53. The Balaban J connectivity index is 1.42. The Morgan fingerprint density at radius 1 is 0.897 bits per heavy atom. The van der Waals surface area contributed by atoms with Crippen molar-refractivity contribution in [3.63, 3.8) is 0 Å². The van der Waals surface area contributed by atoms with Crippen molar-refractivity contribution in [2.75, 3.05) is 6.54 Å². The van der Waals surface area contributed by atoms with Crippen LogP contribution in [0.1, 0.15) is 47.7 Å². The molecule has 2 heteroatoms. The van der Waals surface area contributed by atoms with Gasteiger partial charge in [0.15, 0.2) is 0 Å². The number of hydrogen-bond acceptors (Lipinski definition) is 1. The lowest BCUT2D eigenvalue weighted by Crippen LogP contribution is -2.31. The van der Waals surface area contributed by atoms with Gasteiger partial charge in [-0.05, 0) is 72.7 Å². The van der Waals surface area contributed by atoms with Crippen LogP contribution in [0.2, 0.25) is 0 Å². The first-order chi connectivity index (χ1) is 14.3. The summed E-state index contributed by atoms with van der Waals surface area (Å²) in [5.74, 6) is 0. The van der Waals surface area contributed by atoms with Gasteiger partial charge >= 0.3 is 0 Å². The first-order valence-electron chi connectivity index (χ1n) is 11.1. The number of fused-ring (bicyclic) bond motifs is 4. The van der Waals surface area contributed by atoms with E-state index in [1.807, 2.05) is 0 Å². The number of rotatable bonds is 2.